The molecule has 0 N–H and O–H groups in total. The Balaban J connectivity index is 2.69. The van der Waals surface area contributed by atoms with Gasteiger partial charge in [-0.3, -0.25) is 0 Å². The van der Waals surface area contributed by atoms with Gasteiger partial charge in [0.1, 0.15) is 0 Å². The van der Waals surface area contributed by atoms with Crippen molar-refractivity contribution in [3.05, 3.63) is 0 Å². The van der Waals surface area contributed by atoms with Crippen LogP contribution in [0.2, 0.25) is 0 Å². The molecule has 0 spiro atoms. The smallest absolute Gasteiger partial charge is 0.0684 e. The van der Waals surface area contributed by atoms with Gasteiger partial charge in [-0.1, -0.05) is 34.6 Å². The molecule has 1 heteroatoms. The zero-order valence-corrected chi connectivity index (χ0v) is 9.92. The van der Waals surface area contributed by atoms with Gasteiger partial charge in [-0.2, -0.15) is 0 Å². The van der Waals surface area contributed by atoms with E-state index in [1.165, 1.54) is 6.42 Å². The minimum Gasteiger partial charge on any atom is -0.371 e. The maximum atomic E-state index is 6.18. The van der Waals surface area contributed by atoms with E-state index in [4.69, 9.17) is 4.74 Å². The molecule has 0 saturated carbocycles. The summed E-state index contributed by atoms with van der Waals surface area (Å²) in [4.78, 5) is 0. The Kier molecular flexibility index (Phi) is 3.06. The van der Waals surface area contributed by atoms with Gasteiger partial charge < -0.3 is 4.74 Å². The Morgan fingerprint density at radius 3 is 2.00 bits per heavy atom. The van der Waals surface area contributed by atoms with Crippen LogP contribution in [-0.4, -0.2) is 11.7 Å². The Morgan fingerprint density at radius 1 is 1.23 bits per heavy atom. The fourth-order valence-corrected chi connectivity index (χ4v) is 2.40. The molecule has 2 unspecified atom stereocenters. The summed E-state index contributed by atoms with van der Waals surface area (Å²) in [5, 5.41) is 0. The predicted octanol–water partition coefficient (Wildman–Crippen LogP) is 3.48. The van der Waals surface area contributed by atoms with Gasteiger partial charge >= 0.3 is 0 Å². The molecule has 0 radical (unpaired) electrons. The van der Waals surface area contributed by atoms with Crippen LogP contribution in [0.1, 0.15) is 48.0 Å². The molecule has 1 aliphatic rings. The lowest BCUT2D eigenvalue weighted by molar-refractivity contribution is -0.0762. The minimum absolute atomic E-state index is 0.119. The van der Waals surface area contributed by atoms with Crippen molar-refractivity contribution < 1.29 is 4.74 Å². The predicted molar refractivity (Wildman–Crippen MR) is 56.7 cm³/mol. The summed E-state index contributed by atoms with van der Waals surface area (Å²) in [6.07, 6.45) is 1.68. The first-order chi connectivity index (χ1) is 5.87. The summed E-state index contributed by atoms with van der Waals surface area (Å²) in [7, 11) is 0. The third-order valence-corrected chi connectivity index (χ3v) is 3.57. The fraction of sp³-hybridized carbons (Fsp3) is 1.00. The lowest BCUT2D eigenvalue weighted by Gasteiger charge is -2.30. The molecular formula is C12H24O. The van der Waals surface area contributed by atoms with E-state index >= 15 is 0 Å². The third kappa shape index (κ3) is 2.07. The van der Waals surface area contributed by atoms with Crippen molar-refractivity contribution in [3.8, 4) is 0 Å². The highest BCUT2D eigenvalue weighted by Gasteiger charge is 2.43. The maximum absolute atomic E-state index is 6.18. The molecule has 1 nitrogen and oxygen atoms in total. The van der Waals surface area contributed by atoms with Gasteiger partial charge in [-0.25, -0.2) is 0 Å². The van der Waals surface area contributed by atoms with Crippen molar-refractivity contribution >= 4 is 0 Å². The monoisotopic (exact) mass is 184 g/mol. The van der Waals surface area contributed by atoms with Gasteiger partial charge in [0.05, 0.1) is 11.7 Å². The van der Waals surface area contributed by atoms with Crippen LogP contribution < -0.4 is 0 Å². The van der Waals surface area contributed by atoms with Gasteiger partial charge in [0.2, 0.25) is 0 Å². The topological polar surface area (TPSA) is 9.23 Å². The van der Waals surface area contributed by atoms with E-state index in [0.717, 1.165) is 0 Å². The first-order valence-electron chi connectivity index (χ1n) is 5.54. The van der Waals surface area contributed by atoms with Crippen LogP contribution in [0.3, 0.4) is 0 Å². The van der Waals surface area contributed by atoms with Crippen molar-refractivity contribution in [2.45, 2.75) is 59.7 Å². The molecule has 1 fully saturated rings. The Hall–Kier alpha value is -0.0400. The molecule has 78 valence electrons. The van der Waals surface area contributed by atoms with E-state index in [1.807, 2.05) is 0 Å². The summed E-state index contributed by atoms with van der Waals surface area (Å²) in [5.41, 5.74) is 0.119. The molecule has 0 amide bonds. The molecule has 1 rings (SSSR count). The summed E-state index contributed by atoms with van der Waals surface area (Å²) in [6.45, 7) is 13.6. The van der Waals surface area contributed by atoms with Gasteiger partial charge in [0.25, 0.3) is 0 Å². The van der Waals surface area contributed by atoms with E-state index in [2.05, 4.69) is 41.5 Å². The van der Waals surface area contributed by atoms with E-state index in [9.17, 15) is 0 Å². The van der Waals surface area contributed by atoms with Gasteiger partial charge in [0, 0.05) is 0 Å². The molecule has 1 saturated heterocycles. The summed E-state index contributed by atoms with van der Waals surface area (Å²) < 4.78 is 6.18. The van der Waals surface area contributed by atoms with E-state index in [0.29, 0.717) is 23.9 Å². The first-order valence-corrected chi connectivity index (χ1v) is 5.54. The number of hydrogen-bond acceptors (Lipinski definition) is 1. The van der Waals surface area contributed by atoms with Gasteiger partial charge in [-0.05, 0) is 31.1 Å². The minimum atomic E-state index is 0.119. The Labute approximate surface area is 82.9 Å². The van der Waals surface area contributed by atoms with E-state index in [-0.39, 0.29) is 5.60 Å². The average Bonchev–Trinajstić information content (AvgIpc) is 2.28. The SMILES string of the molecule is CC(C)C1O[C@](C)(C(C)C)CC1C. The van der Waals surface area contributed by atoms with Crippen LogP contribution >= 0.6 is 0 Å². The second kappa shape index (κ2) is 3.61. The largest absolute Gasteiger partial charge is 0.371 e. The average molecular weight is 184 g/mol. The zero-order valence-electron chi connectivity index (χ0n) is 9.92. The molecule has 0 aliphatic carbocycles. The van der Waals surface area contributed by atoms with Crippen molar-refractivity contribution in [2.24, 2.45) is 17.8 Å². The van der Waals surface area contributed by atoms with Crippen LogP contribution in [0, 0.1) is 17.8 Å². The molecule has 1 heterocycles. The highest BCUT2D eigenvalue weighted by molar-refractivity contribution is 4.92. The van der Waals surface area contributed by atoms with Crippen molar-refractivity contribution in [2.75, 3.05) is 0 Å². The Bertz CT molecular complexity index is 174. The molecule has 0 aromatic heterocycles. The standard InChI is InChI=1S/C12H24O/c1-8(2)11-10(5)7-12(6,13-11)9(3)4/h8-11H,7H2,1-6H3/t10?,11?,12-/m0/s1. The number of rotatable bonds is 2. The molecule has 1 aliphatic heterocycles. The van der Waals surface area contributed by atoms with Crippen molar-refractivity contribution in [1.82, 2.24) is 0 Å². The number of hydrogen-bond donors (Lipinski definition) is 0. The number of ether oxygens (including phenoxy) is 1. The first kappa shape index (κ1) is 11.0. The van der Waals surface area contributed by atoms with Crippen LogP contribution in [-0.2, 0) is 4.74 Å². The van der Waals surface area contributed by atoms with Crippen LogP contribution in [0.5, 0.6) is 0 Å². The van der Waals surface area contributed by atoms with Crippen LogP contribution in [0.15, 0.2) is 0 Å². The molecular weight excluding hydrogens is 160 g/mol. The molecule has 0 bridgehead atoms. The normalized spacial score (nSPS) is 40.6. The molecule has 0 aromatic carbocycles. The van der Waals surface area contributed by atoms with Crippen LogP contribution in [0.25, 0.3) is 0 Å². The van der Waals surface area contributed by atoms with E-state index < -0.39 is 0 Å². The van der Waals surface area contributed by atoms with Gasteiger partial charge in [-0.15, -0.1) is 0 Å². The van der Waals surface area contributed by atoms with Crippen molar-refractivity contribution in [1.29, 1.82) is 0 Å². The van der Waals surface area contributed by atoms with E-state index in [1.54, 1.807) is 0 Å². The summed E-state index contributed by atoms with van der Waals surface area (Å²) >= 11 is 0. The zero-order chi connectivity index (χ0) is 10.2. The second-order valence-electron chi connectivity index (χ2n) is 5.48. The van der Waals surface area contributed by atoms with Crippen LogP contribution in [0.4, 0.5) is 0 Å². The van der Waals surface area contributed by atoms with Gasteiger partial charge in [0.15, 0.2) is 0 Å². The summed E-state index contributed by atoms with van der Waals surface area (Å²) in [5.74, 6) is 1.99. The van der Waals surface area contributed by atoms with Crippen molar-refractivity contribution in [3.63, 3.8) is 0 Å². The fourth-order valence-electron chi connectivity index (χ4n) is 2.40. The quantitative estimate of drug-likeness (QED) is 0.638. The highest BCUT2D eigenvalue weighted by atomic mass is 16.5. The highest BCUT2D eigenvalue weighted by Crippen LogP contribution is 2.41. The lowest BCUT2D eigenvalue weighted by atomic mass is 9.84. The molecule has 3 atom stereocenters. The maximum Gasteiger partial charge on any atom is 0.0684 e. The lowest BCUT2D eigenvalue weighted by Crippen LogP contribution is -2.32. The second-order valence-corrected chi connectivity index (χ2v) is 5.48. The molecule has 0 aromatic rings. The summed E-state index contributed by atoms with van der Waals surface area (Å²) in [6, 6.07) is 0. The Morgan fingerprint density at radius 2 is 1.77 bits per heavy atom. The third-order valence-electron chi connectivity index (χ3n) is 3.57. The molecule has 13 heavy (non-hydrogen) atoms.